The highest BCUT2D eigenvalue weighted by Crippen LogP contribution is 2.24. The molecule has 6 nitrogen and oxygen atoms in total. The van der Waals surface area contributed by atoms with Gasteiger partial charge in [-0.3, -0.25) is 0 Å². The number of hydrogen-bond acceptors (Lipinski definition) is 6. The predicted octanol–water partition coefficient (Wildman–Crippen LogP) is 5.06. The van der Waals surface area contributed by atoms with Crippen molar-refractivity contribution in [2.75, 3.05) is 6.61 Å². The van der Waals surface area contributed by atoms with Crippen LogP contribution in [0, 0.1) is 23.0 Å². The Kier molecular flexibility index (Phi) is 7.13. The van der Waals surface area contributed by atoms with Crippen molar-refractivity contribution in [2.24, 2.45) is 0 Å². The summed E-state index contributed by atoms with van der Waals surface area (Å²) in [5.74, 6) is -4.21. The van der Waals surface area contributed by atoms with E-state index in [1.54, 1.807) is 24.3 Å². The Balaban J connectivity index is 1.63. The van der Waals surface area contributed by atoms with E-state index < -0.39 is 34.9 Å². The van der Waals surface area contributed by atoms with E-state index in [2.05, 4.69) is 0 Å². The van der Waals surface area contributed by atoms with Gasteiger partial charge >= 0.3 is 11.9 Å². The molecule has 0 amide bonds. The molecule has 0 saturated heterocycles. The van der Waals surface area contributed by atoms with E-state index in [1.165, 1.54) is 30.3 Å². The zero-order valence-electron chi connectivity index (χ0n) is 16.9. The molecule has 0 spiro atoms. The summed E-state index contributed by atoms with van der Waals surface area (Å²) in [7, 11) is 0. The summed E-state index contributed by atoms with van der Waals surface area (Å²) in [6.07, 6.45) is 0.868. The molecule has 0 N–H and O–H groups in total. The molecule has 32 heavy (non-hydrogen) atoms. The minimum atomic E-state index is -1.44. The molecular weight excluding hydrogens is 420 g/mol. The number of hydrogen-bond donors (Lipinski definition) is 0. The minimum absolute atomic E-state index is 0.0198. The minimum Gasteiger partial charge on any atom is -0.494 e. The molecular formula is C24H17F2NO5. The van der Waals surface area contributed by atoms with Gasteiger partial charge in [-0.1, -0.05) is 6.92 Å². The number of nitrogens with zero attached hydrogens (tertiary/aromatic N) is 1. The Labute approximate surface area is 182 Å². The molecule has 0 aromatic heterocycles. The highest BCUT2D eigenvalue weighted by molar-refractivity contribution is 5.92. The number of ether oxygens (including phenoxy) is 3. The van der Waals surface area contributed by atoms with Crippen molar-refractivity contribution in [3.8, 4) is 23.3 Å². The molecule has 3 rings (SSSR count). The fourth-order valence-corrected chi connectivity index (χ4v) is 2.59. The Hall–Kier alpha value is -4.25. The second-order valence-corrected chi connectivity index (χ2v) is 6.53. The van der Waals surface area contributed by atoms with Gasteiger partial charge in [0, 0.05) is 0 Å². The first kappa shape index (κ1) is 22.4. The van der Waals surface area contributed by atoms with E-state index in [4.69, 9.17) is 19.5 Å². The average Bonchev–Trinajstić information content (AvgIpc) is 2.81. The van der Waals surface area contributed by atoms with Crippen LogP contribution in [0.25, 0.3) is 0 Å². The molecule has 0 aliphatic carbocycles. The summed E-state index contributed by atoms with van der Waals surface area (Å²) in [5.41, 5.74) is -0.168. The summed E-state index contributed by atoms with van der Waals surface area (Å²) in [4.78, 5) is 24.5. The number of benzene rings is 3. The quantitative estimate of drug-likeness (QED) is 0.379. The number of nitriles is 1. The normalized spacial score (nSPS) is 10.2. The zero-order chi connectivity index (χ0) is 23.1. The second kappa shape index (κ2) is 10.2. The van der Waals surface area contributed by atoms with Gasteiger partial charge in [0.05, 0.1) is 23.3 Å². The van der Waals surface area contributed by atoms with Crippen LogP contribution in [0.15, 0.2) is 60.7 Å². The third kappa shape index (κ3) is 5.26. The van der Waals surface area contributed by atoms with E-state index in [-0.39, 0.29) is 11.3 Å². The largest absolute Gasteiger partial charge is 0.494 e. The first-order valence-electron chi connectivity index (χ1n) is 9.58. The molecule has 0 bridgehead atoms. The smallest absolute Gasteiger partial charge is 0.343 e. The van der Waals surface area contributed by atoms with Gasteiger partial charge in [-0.25, -0.2) is 14.0 Å². The van der Waals surface area contributed by atoms with Gasteiger partial charge in [0.15, 0.2) is 11.6 Å². The van der Waals surface area contributed by atoms with Crippen LogP contribution in [0.4, 0.5) is 8.78 Å². The first-order chi connectivity index (χ1) is 15.4. The fourth-order valence-electron chi connectivity index (χ4n) is 2.59. The van der Waals surface area contributed by atoms with Crippen LogP contribution in [0.3, 0.4) is 0 Å². The van der Waals surface area contributed by atoms with Crippen molar-refractivity contribution in [1.29, 1.82) is 5.26 Å². The van der Waals surface area contributed by atoms with Crippen LogP contribution in [-0.2, 0) is 0 Å². The molecule has 0 radical (unpaired) electrons. The van der Waals surface area contributed by atoms with Gasteiger partial charge in [-0.15, -0.1) is 0 Å². The van der Waals surface area contributed by atoms with E-state index in [9.17, 15) is 18.4 Å². The van der Waals surface area contributed by atoms with Crippen molar-refractivity contribution < 1.29 is 32.6 Å². The topological polar surface area (TPSA) is 85.6 Å². The van der Waals surface area contributed by atoms with E-state index in [0.717, 1.165) is 18.6 Å². The van der Waals surface area contributed by atoms with Crippen LogP contribution in [-0.4, -0.2) is 18.5 Å². The van der Waals surface area contributed by atoms with Gasteiger partial charge in [0.25, 0.3) is 0 Å². The van der Waals surface area contributed by atoms with Crippen LogP contribution in [0.5, 0.6) is 17.2 Å². The Morgan fingerprint density at radius 2 is 1.38 bits per heavy atom. The predicted molar refractivity (Wildman–Crippen MR) is 110 cm³/mol. The summed E-state index contributed by atoms with van der Waals surface area (Å²) >= 11 is 0. The number of esters is 2. The lowest BCUT2D eigenvalue weighted by Gasteiger charge is -2.08. The number of halogens is 2. The third-order valence-electron chi connectivity index (χ3n) is 4.23. The van der Waals surface area contributed by atoms with Crippen LogP contribution in [0.2, 0.25) is 0 Å². The number of carbonyl (C=O) groups excluding carboxylic acids is 2. The van der Waals surface area contributed by atoms with E-state index >= 15 is 0 Å². The van der Waals surface area contributed by atoms with Gasteiger partial charge in [0.1, 0.15) is 17.6 Å². The number of rotatable bonds is 7. The second-order valence-electron chi connectivity index (χ2n) is 6.53. The van der Waals surface area contributed by atoms with Crippen LogP contribution >= 0.6 is 0 Å². The Morgan fingerprint density at radius 1 is 0.812 bits per heavy atom. The van der Waals surface area contributed by atoms with Crippen LogP contribution < -0.4 is 14.2 Å². The summed E-state index contributed by atoms with van der Waals surface area (Å²) in [5, 5.41) is 8.69. The maximum Gasteiger partial charge on any atom is 0.343 e. The molecule has 8 heteroatoms. The van der Waals surface area contributed by atoms with Gasteiger partial charge in [-0.2, -0.15) is 9.65 Å². The van der Waals surface area contributed by atoms with Crippen molar-refractivity contribution in [3.05, 3.63) is 89.0 Å². The molecule has 0 fully saturated rings. The molecule has 0 saturated carbocycles. The average molecular weight is 437 g/mol. The Bertz CT molecular complexity index is 1170. The van der Waals surface area contributed by atoms with Crippen molar-refractivity contribution in [3.63, 3.8) is 0 Å². The Morgan fingerprint density at radius 3 is 1.94 bits per heavy atom. The molecule has 0 atom stereocenters. The lowest BCUT2D eigenvalue weighted by atomic mass is 10.2. The fraction of sp³-hybridized carbons (Fsp3) is 0.125. The van der Waals surface area contributed by atoms with Crippen molar-refractivity contribution in [2.45, 2.75) is 13.3 Å². The first-order valence-corrected chi connectivity index (χ1v) is 9.58. The summed E-state index contributed by atoms with van der Waals surface area (Å²) in [6, 6.07) is 15.3. The molecule has 0 aliphatic heterocycles. The molecule has 0 aliphatic rings. The molecule has 0 heterocycles. The molecule has 0 unspecified atom stereocenters. The number of carbonyl (C=O) groups is 2. The van der Waals surface area contributed by atoms with Crippen molar-refractivity contribution >= 4 is 11.9 Å². The monoisotopic (exact) mass is 437 g/mol. The lowest BCUT2D eigenvalue weighted by molar-refractivity contribution is 0.0724. The van der Waals surface area contributed by atoms with Gasteiger partial charge in [-0.05, 0) is 67.1 Å². The summed E-state index contributed by atoms with van der Waals surface area (Å²) in [6.45, 7) is 2.56. The standard InChI is InChI=1S/C24H17F2NO5/c1-2-13-30-18-8-3-15(4-9-18)23(28)31-19-10-5-16(6-11-19)24(29)32-20-12-7-17(14-27)21(25)22(20)26/h3-12H,2,13H2,1H3. The lowest BCUT2D eigenvalue weighted by Crippen LogP contribution is -2.11. The molecule has 3 aromatic carbocycles. The SMILES string of the molecule is CCCOc1ccc(C(=O)Oc2ccc(C(=O)Oc3ccc(C#N)c(F)c3F)cc2)cc1. The van der Waals surface area contributed by atoms with Crippen molar-refractivity contribution in [1.82, 2.24) is 0 Å². The zero-order valence-corrected chi connectivity index (χ0v) is 16.9. The summed E-state index contributed by atoms with van der Waals surface area (Å²) < 4.78 is 43.2. The van der Waals surface area contributed by atoms with E-state index in [0.29, 0.717) is 17.9 Å². The third-order valence-corrected chi connectivity index (χ3v) is 4.23. The van der Waals surface area contributed by atoms with Crippen LogP contribution in [0.1, 0.15) is 39.6 Å². The highest BCUT2D eigenvalue weighted by Gasteiger charge is 2.18. The highest BCUT2D eigenvalue weighted by atomic mass is 19.2. The molecule has 162 valence electrons. The maximum absolute atomic E-state index is 13.9. The maximum atomic E-state index is 13.9. The van der Waals surface area contributed by atoms with E-state index in [1.807, 2.05) is 6.92 Å². The van der Waals surface area contributed by atoms with Gasteiger partial charge in [0.2, 0.25) is 5.82 Å². The van der Waals surface area contributed by atoms with Gasteiger partial charge < -0.3 is 14.2 Å². The molecule has 3 aromatic rings.